The van der Waals surface area contributed by atoms with E-state index in [4.69, 9.17) is 9.47 Å². The summed E-state index contributed by atoms with van der Waals surface area (Å²) in [5, 5.41) is 0. The molecule has 6 heteroatoms. The minimum atomic E-state index is -3.90. The number of hydrogen-bond donors (Lipinski definition) is 0. The van der Waals surface area contributed by atoms with Gasteiger partial charge in [-0.1, -0.05) is 47.2 Å². The first-order valence-electron chi connectivity index (χ1n) is 9.30. The van der Waals surface area contributed by atoms with Crippen LogP contribution in [-0.4, -0.2) is 34.1 Å². The van der Waals surface area contributed by atoms with E-state index >= 15 is 0 Å². The smallest absolute Gasteiger partial charge is 0.282 e. The molecule has 0 fully saturated rings. The molecule has 0 N–H and O–H groups in total. The molecule has 1 aliphatic rings. The predicted octanol–water partition coefficient (Wildman–Crippen LogP) is 3.97. The standard InChI is InChI=1S/C24H23NO4S/c1-18-5-9-20(10-6-18)11-12-21-17-24(28-3,29-4)16-15-23(21)25-30(26,27)22-13-7-19(2)8-14-22/h5-10,13-17H,1-4H3/b25-23-. The molecule has 0 radical (unpaired) electrons. The van der Waals surface area contributed by atoms with Gasteiger partial charge in [0.25, 0.3) is 10.0 Å². The van der Waals surface area contributed by atoms with Crippen molar-refractivity contribution in [1.82, 2.24) is 0 Å². The molecule has 0 saturated carbocycles. The Morgan fingerprint density at radius 2 is 1.43 bits per heavy atom. The van der Waals surface area contributed by atoms with Crippen molar-refractivity contribution in [2.45, 2.75) is 24.5 Å². The van der Waals surface area contributed by atoms with E-state index in [0.29, 0.717) is 5.57 Å². The van der Waals surface area contributed by atoms with Gasteiger partial charge < -0.3 is 9.47 Å². The van der Waals surface area contributed by atoms with Crippen LogP contribution in [0.4, 0.5) is 0 Å². The van der Waals surface area contributed by atoms with Crippen molar-refractivity contribution in [2.75, 3.05) is 14.2 Å². The maximum Gasteiger partial charge on any atom is 0.282 e. The third kappa shape index (κ3) is 4.95. The van der Waals surface area contributed by atoms with Gasteiger partial charge in [0.2, 0.25) is 5.79 Å². The maximum atomic E-state index is 12.8. The fourth-order valence-electron chi connectivity index (χ4n) is 2.79. The zero-order valence-electron chi connectivity index (χ0n) is 17.3. The predicted molar refractivity (Wildman–Crippen MR) is 118 cm³/mol. The SMILES string of the molecule is COC1(OC)C=C/C(=N/S(=O)(=O)c2ccc(C)cc2)C(C#Cc2ccc(C)cc2)=C1. The lowest BCUT2D eigenvalue weighted by Crippen LogP contribution is -2.32. The Morgan fingerprint density at radius 1 is 0.867 bits per heavy atom. The van der Waals surface area contributed by atoms with Gasteiger partial charge in [-0.15, -0.1) is 0 Å². The number of aryl methyl sites for hydroxylation is 2. The van der Waals surface area contributed by atoms with Crippen molar-refractivity contribution in [3.8, 4) is 11.8 Å². The van der Waals surface area contributed by atoms with Gasteiger partial charge in [-0.2, -0.15) is 12.8 Å². The summed E-state index contributed by atoms with van der Waals surface area (Å²) in [6, 6.07) is 14.3. The first-order chi connectivity index (χ1) is 14.3. The van der Waals surface area contributed by atoms with E-state index in [1.54, 1.807) is 30.4 Å². The van der Waals surface area contributed by atoms with Crippen LogP contribution in [0, 0.1) is 25.7 Å². The van der Waals surface area contributed by atoms with Gasteiger partial charge >= 0.3 is 0 Å². The van der Waals surface area contributed by atoms with Gasteiger partial charge in [0.05, 0.1) is 16.2 Å². The molecular weight excluding hydrogens is 398 g/mol. The summed E-state index contributed by atoms with van der Waals surface area (Å²) in [6.45, 7) is 3.89. The first-order valence-corrected chi connectivity index (χ1v) is 10.7. The third-order valence-electron chi connectivity index (χ3n) is 4.66. The van der Waals surface area contributed by atoms with Crippen LogP contribution in [0.15, 0.2) is 81.6 Å². The van der Waals surface area contributed by atoms with Crippen LogP contribution in [0.2, 0.25) is 0 Å². The molecule has 0 unspecified atom stereocenters. The van der Waals surface area contributed by atoms with Crippen LogP contribution >= 0.6 is 0 Å². The number of nitrogens with zero attached hydrogens (tertiary/aromatic N) is 1. The molecule has 1 aliphatic carbocycles. The Kier molecular flexibility index (Phi) is 6.37. The summed E-state index contributed by atoms with van der Waals surface area (Å²) in [4.78, 5) is 0.121. The average Bonchev–Trinajstić information content (AvgIpc) is 2.74. The summed E-state index contributed by atoms with van der Waals surface area (Å²) in [6.07, 6.45) is 4.78. The Morgan fingerprint density at radius 3 is 2.00 bits per heavy atom. The van der Waals surface area contributed by atoms with E-state index in [-0.39, 0.29) is 10.6 Å². The van der Waals surface area contributed by atoms with Gasteiger partial charge in [-0.25, -0.2) is 0 Å². The van der Waals surface area contributed by atoms with Crippen LogP contribution in [-0.2, 0) is 19.5 Å². The topological polar surface area (TPSA) is 65.0 Å². The second-order valence-corrected chi connectivity index (χ2v) is 8.51. The molecule has 3 rings (SSSR count). The highest BCUT2D eigenvalue weighted by molar-refractivity contribution is 7.90. The number of ether oxygens (including phenoxy) is 2. The molecule has 5 nitrogen and oxygen atoms in total. The van der Waals surface area contributed by atoms with Crippen LogP contribution in [0.3, 0.4) is 0 Å². The third-order valence-corrected chi connectivity index (χ3v) is 5.97. The van der Waals surface area contributed by atoms with E-state index in [0.717, 1.165) is 16.7 Å². The first kappa shape index (κ1) is 21.7. The van der Waals surface area contributed by atoms with Crippen molar-refractivity contribution in [3.63, 3.8) is 0 Å². The van der Waals surface area contributed by atoms with Crippen molar-refractivity contribution < 1.29 is 17.9 Å². The van der Waals surface area contributed by atoms with Gasteiger partial charge in [0.1, 0.15) is 0 Å². The summed E-state index contributed by atoms with van der Waals surface area (Å²) in [5.74, 6) is 4.94. The van der Waals surface area contributed by atoms with Crippen molar-refractivity contribution in [1.29, 1.82) is 0 Å². The molecular formula is C24H23NO4S. The highest BCUT2D eigenvalue weighted by Crippen LogP contribution is 2.25. The lowest BCUT2D eigenvalue weighted by atomic mass is 9.99. The average molecular weight is 422 g/mol. The van der Waals surface area contributed by atoms with E-state index < -0.39 is 15.8 Å². The molecule has 154 valence electrons. The Balaban J connectivity index is 2.06. The van der Waals surface area contributed by atoms with Gasteiger partial charge in [0.15, 0.2) is 0 Å². The Labute approximate surface area is 177 Å². The van der Waals surface area contributed by atoms with Crippen LogP contribution in [0.1, 0.15) is 16.7 Å². The van der Waals surface area contributed by atoms with Crippen LogP contribution < -0.4 is 0 Å². The summed E-state index contributed by atoms with van der Waals surface area (Å²) in [5.41, 5.74) is 3.52. The van der Waals surface area contributed by atoms with Crippen molar-refractivity contribution in [2.24, 2.45) is 4.40 Å². The molecule has 0 atom stereocenters. The zero-order valence-corrected chi connectivity index (χ0v) is 18.2. The lowest BCUT2D eigenvalue weighted by molar-refractivity contribution is -0.133. The summed E-state index contributed by atoms with van der Waals surface area (Å²) >= 11 is 0. The largest absolute Gasteiger partial charge is 0.346 e. The highest BCUT2D eigenvalue weighted by Gasteiger charge is 2.29. The molecule has 0 saturated heterocycles. The molecule has 0 bridgehead atoms. The Hall–Kier alpha value is -2.98. The molecule has 0 spiro atoms. The van der Waals surface area contributed by atoms with Crippen LogP contribution in [0.25, 0.3) is 0 Å². The van der Waals surface area contributed by atoms with Gasteiger partial charge in [0, 0.05) is 19.8 Å². The van der Waals surface area contributed by atoms with E-state index in [1.807, 2.05) is 38.1 Å². The zero-order chi connectivity index (χ0) is 21.8. The molecule has 30 heavy (non-hydrogen) atoms. The van der Waals surface area contributed by atoms with E-state index in [9.17, 15) is 8.42 Å². The second-order valence-electron chi connectivity index (χ2n) is 6.90. The molecule has 0 heterocycles. The molecule has 2 aromatic carbocycles. The maximum absolute atomic E-state index is 12.8. The number of methoxy groups -OCH3 is 2. The molecule has 0 amide bonds. The monoisotopic (exact) mass is 421 g/mol. The van der Waals surface area contributed by atoms with Crippen molar-refractivity contribution >= 4 is 15.7 Å². The number of hydrogen-bond acceptors (Lipinski definition) is 4. The number of rotatable bonds is 4. The number of allylic oxidation sites excluding steroid dienone is 2. The minimum Gasteiger partial charge on any atom is -0.346 e. The molecule has 0 aliphatic heterocycles. The summed E-state index contributed by atoms with van der Waals surface area (Å²) in [7, 11) is -0.901. The van der Waals surface area contributed by atoms with Gasteiger partial charge in [-0.05, 0) is 56.3 Å². The second kappa shape index (κ2) is 8.80. The Bertz CT molecular complexity index is 1170. The highest BCUT2D eigenvalue weighted by atomic mass is 32.2. The van der Waals surface area contributed by atoms with E-state index in [2.05, 4.69) is 16.2 Å². The summed E-state index contributed by atoms with van der Waals surface area (Å²) < 4.78 is 40.5. The van der Waals surface area contributed by atoms with Crippen molar-refractivity contribution in [3.05, 3.63) is 89.0 Å². The number of sulfonamides is 1. The lowest BCUT2D eigenvalue weighted by Gasteiger charge is -2.27. The molecule has 2 aromatic rings. The fraction of sp³-hybridized carbons (Fsp3) is 0.208. The van der Waals surface area contributed by atoms with E-state index in [1.165, 1.54) is 26.4 Å². The quantitative estimate of drug-likeness (QED) is 0.554. The number of benzene rings is 2. The van der Waals surface area contributed by atoms with Crippen LogP contribution in [0.5, 0.6) is 0 Å². The minimum absolute atomic E-state index is 0.121. The van der Waals surface area contributed by atoms with Gasteiger partial charge in [-0.3, -0.25) is 0 Å². The fourth-order valence-corrected chi connectivity index (χ4v) is 3.80. The molecule has 0 aromatic heterocycles. The normalized spacial score (nSPS) is 16.7.